The van der Waals surface area contributed by atoms with Crippen molar-refractivity contribution in [3.63, 3.8) is 0 Å². The number of nitrogens with one attached hydrogen (secondary N) is 6. The average Bonchev–Trinajstić information content (AvgIpc) is 4.11. The molecule has 3 heterocycles. The van der Waals surface area contributed by atoms with E-state index in [0.717, 1.165) is 68.9 Å². The van der Waals surface area contributed by atoms with Gasteiger partial charge in [0.15, 0.2) is 0 Å². The van der Waals surface area contributed by atoms with Gasteiger partial charge in [-0.25, -0.2) is 36.3 Å². The number of carbonyl (C=O) groups is 2. The van der Waals surface area contributed by atoms with Crippen molar-refractivity contribution in [3.05, 3.63) is 87.9 Å². The van der Waals surface area contributed by atoms with E-state index in [1.165, 1.54) is 0 Å². The minimum atomic E-state index is -3.79. The summed E-state index contributed by atoms with van der Waals surface area (Å²) < 4.78 is 71.7. The number of benzene rings is 3. The first-order valence-corrected chi connectivity index (χ1v) is 27.9. The standard InChI is InChI=1S/C48H68ClN11O9S2/c49-37-29-36(32-50)42-31-44(60-21-15-52-16-22-60)46(43(42)30-37)69-39-7-9-40(10-8-39)71(65,66)57-38-12-20-59(34-38)24-28-68-26-18-56-48(62)54-14-4-3-13-53-47(61)55-17-25-67-27-23-58-19-11-35(33-58)41-5-1-2-6-45(41)70(51,63)64/h1-2,5-10,29-30,35,38,44,46,52,57H,3-4,11-28,31,33-34H2,(H2,51,63,64)(H2,53,55,61)(H2,54,56,62)/t35-,38+,44-,46-/m0/s1. The van der Waals surface area contributed by atoms with Crippen LogP contribution in [0.4, 0.5) is 9.59 Å². The monoisotopic (exact) mass is 1040 g/mol. The second kappa shape index (κ2) is 26.4. The molecule has 3 saturated heterocycles. The molecular formula is C48H68ClN11O9S2. The van der Waals surface area contributed by atoms with Crippen LogP contribution in [0.25, 0.3) is 0 Å². The number of nitriles is 1. The van der Waals surface area contributed by atoms with Crippen LogP contribution in [-0.2, 0) is 35.9 Å². The molecule has 4 amide bonds. The third kappa shape index (κ3) is 15.9. The predicted octanol–water partition coefficient (Wildman–Crippen LogP) is 2.06. The summed E-state index contributed by atoms with van der Waals surface area (Å²) in [4.78, 5) is 31.4. The number of fused-ring (bicyclic) bond motifs is 1. The van der Waals surface area contributed by atoms with Crippen LogP contribution in [0.1, 0.15) is 60.0 Å². The maximum atomic E-state index is 13.4. The number of nitrogens with two attached hydrogens (primary N) is 1. The molecule has 0 aromatic heterocycles. The number of rotatable bonds is 25. The molecule has 4 aliphatic rings. The van der Waals surface area contributed by atoms with Gasteiger partial charge in [-0.15, -0.1) is 0 Å². The lowest BCUT2D eigenvalue weighted by Crippen LogP contribution is -2.50. The van der Waals surface area contributed by atoms with Gasteiger partial charge in [-0.2, -0.15) is 5.26 Å². The topological polar surface area (TPSA) is 262 Å². The Morgan fingerprint density at radius 1 is 0.775 bits per heavy atom. The highest BCUT2D eigenvalue weighted by molar-refractivity contribution is 7.89. The van der Waals surface area contributed by atoms with Crippen LogP contribution >= 0.6 is 11.6 Å². The molecule has 0 radical (unpaired) electrons. The van der Waals surface area contributed by atoms with Crippen molar-refractivity contribution >= 4 is 43.7 Å². The Labute approximate surface area is 422 Å². The molecule has 3 aromatic rings. The smallest absolute Gasteiger partial charge is 0.314 e. The van der Waals surface area contributed by atoms with E-state index in [0.29, 0.717) is 114 Å². The zero-order chi connectivity index (χ0) is 50.2. The van der Waals surface area contributed by atoms with Crippen molar-refractivity contribution in [1.82, 2.24) is 46.0 Å². The third-order valence-electron chi connectivity index (χ3n) is 13.3. The first kappa shape index (κ1) is 54.1. The van der Waals surface area contributed by atoms with Crippen LogP contribution in [0.5, 0.6) is 5.75 Å². The van der Waals surface area contributed by atoms with Crippen LogP contribution in [-0.4, -0.2) is 174 Å². The van der Waals surface area contributed by atoms with Gasteiger partial charge in [0.25, 0.3) is 0 Å². The molecule has 4 atom stereocenters. The number of carbonyl (C=O) groups excluding carboxylic acids is 2. The first-order chi connectivity index (χ1) is 34.3. The maximum Gasteiger partial charge on any atom is 0.314 e. The summed E-state index contributed by atoms with van der Waals surface area (Å²) in [5.74, 6) is 0.625. The Hall–Kier alpha value is -4.64. The van der Waals surface area contributed by atoms with Crippen molar-refractivity contribution in [2.75, 3.05) is 118 Å². The second-order valence-electron chi connectivity index (χ2n) is 18.3. The van der Waals surface area contributed by atoms with Crippen LogP contribution in [0.15, 0.2) is 70.5 Å². The first-order valence-electron chi connectivity index (χ1n) is 24.5. The van der Waals surface area contributed by atoms with E-state index in [2.05, 4.69) is 52.1 Å². The van der Waals surface area contributed by atoms with Gasteiger partial charge in [-0.3, -0.25) is 9.80 Å². The van der Waals surface area contributed by atoms with E-state index in [9.17, 15) is 31.7 Å². The fourth-order valence-electron chi connectivity index (χ4n) is 9.71. The average molecular weight is 1040 g/mol. The largest absolute Gasteiger partial charge is 0.484 e. The van der Waals surface area contributed by atoms with Crippen LogP contribution in [0.2, 0.25) is 5.02 Å². The van der Waals surface area contributed by atoms with E-state index < -0.39 is 20.0 Å². The number of primary sulfonamides is 1. The van der Waals surface area contributed by atoms with Gasteiger partial charge in [-0.05, 0) is 110 Å². The lowest BCUT2D eigenvalue weighted by molar-refractivity contribution is 0.0693. The van der Waals surface area contributed by atoms with Gasteiger partial charge < -0.3 is 45.7 Å². The van der Waals surface area contributed by atoms with Crippen molar-refractivity contribution in [1.29, 1.82) is 5.26 Å². The molecule has 1 aliphatic carbocycles. The number of ether oxygens (including phenoxy) is 3. The highest BCUT2D eigenvalue weighted by atomic mass is 35.5. The predicted molar refractivity (Wildman–Crippen MR) is 268 cm³/mol. The number of unbranched alkanes of at least 4 members (excludes halogenated alkanes) is 1. The molecule has 7 rings (SSSR count). The molecule has 388 valence electrons. The molecular weight excluding hydrogens is 974 g/mol. The number of hydrogen-bond donors (Lipinski definition) is 7. The van der Waals surface area contributed by atoms with Crippen LogP contribution in [0.3, 0.4) is 0 Å². The molecule has 20 nitrogen and oxygen atoms in total. The number of sulfonamides is 2. The third-order valence-corrected chi connectivity index (χ3v) is 16.1. The van der Waals surface area contributed by atoms with Gasteiger partial charge in [0, 0.05) is 89.6 Å². The summed E-state index contributed by atoms with van der Waals surface area (Å²) in [5, 5.41) is 30.3. The summed E-state index contributed by atoms with van der Waals surface area (Å²) in [6.07, 6.45) is 3.18. The lowest BCUT2D eigenvalue weighted by Gasteiger charge is -2.36. The fourth-order valence-corrected chi connectivity index (χ4v) is 12.0. The van der Waals surface area contributed by atoms with Gasteiger partial charge in [0.05, 0.1) is 53.9 Å². The van der Waals surface area contributed by atoms with E-state index in [1.807, 2.05) is 18.2 Å². The molecule has 0 saturated carbocycles. The van der Waals surface area contributed by atoms with Crippen LogP contribution < -0.4 is 41.2 Å². The van der Waals surface area contributed by atoms with E-state index in [1.54, 1.807) is 42.5 Å². The van der Waals surface area contributed by atoms with E-state index in [4.69, 9.17) is 31.0 Å². The normalized spacial score (nSPS) is 20.9. The zero-order valence-electron chi connectivity index (χ0n) is 40.1. The Kier molecular flexibility index (Phi) is 20.1. The second-order valence-corrected chi connectivity index (χ2v) is 22.0. The van der Waals surface area contributed by atoms with Crippen LogP contribution in [0, 0.1) is 11.3 Å². The summed E-state index contributed by atoms with van der Waals surface area (Å²) in [6.45, 7) is 10.9. The van der Waals surface area contributed by atoms with Crippen molar-refractivity contribution < 1.29 is 40.6 Å². The summed E-state index contributed by atoms with van der Waals surface area (Å²) in [5.41, 5.74) is 3.15. The number of likely N-dealkylation sites (tertiary alicyclic amines) is 2. The maximum absolute atomic E-state index is 13.4. The Bertz CT molecular complexity index is 2510. The lowest BCUT2D eigenvalue weighted by atomic mass is 9.98. The highest BCUT2D eigenvalue weighted by Gasteiger charge is 2.40. The van der Waals surface area contributed by atoms with Gasteiger partial charge in [0.1, 0.15) is 11.9 Å². The molecule has 3 fully saturated rings. The van der Waals surface area contributed by atoms with Gasteiger partial charge in [0.2, 0.25) is 20.0 Å². The minimum absolute atomic E-state index is 0.0125. The Morgan fingerprint density at radius 2 is 1.39 bits per heavy atom. The number of piperazine rings is 1. The number of nitrogens with zero attached hydrogens (tertiary/aromatic N) is 4. The molecule has 8 N–H and O–H groups in total. The molecule has 3 aliphatic heterocycles. The van der Waals surface area contributed by atoms with E-state index in [-0.39, 0.29) is 46.0 Å². The van der Waals surface area contributed by atoms with E-state index >= 15 is 0 Å². The molecule has 71 heavy (non-hydrogen) atoms. The Balaban J connectivity index is 0.681. The summed E-state index contributed by atoms with van der Waals surface area (Å²) >= 11 is 6.43. The zero-order valence-corrected chi connectivity index (χ0v) is 42.5. The summed E-state index contributed by atoms with van der Waals surface area (Å²) in [6, 6.07) is 18.4. The van der Waals surface area contributed by atoms with Gasteiger partial charge in [-0.1, -0.05) is 29.8 Å². The molecule has 3 aromatic carbocycles. The molecule has 0 spiro atoms. The fraction of sp³-hybridized carbons (Fsp3) is 0.562. The number of halogens is 1. The number of urea groups is 2. The Morgan fingerprint density at radius 3 is 2.04 bits per heavy atom. The molecule has 23 heteroatoms. The SMILES string of the molecule is N#Cc1cc(Cl)cc2c1C[C@H](N1CCNCC1)[C@H]2Oc1ccc(S(=O)(=O)N[C@@H]2CCN(CCOCCNC(=O)NCCCCNC(=O)NCCOCCN3CC[C@H](c4ccccc4S(N)(=O)=O)C3)C2)cc1. The number of amides is 4. The molecule has 0 unspecified atom stereocenters. The van der Waals surface area contributed by atoms with Crippen molar-refractivity contribution in [2.24, 2.45) is 5.14 Å². The molecule has 0 bridgehead atoms. The number of hydrogen-bond acceptors (Lipinski definition) is 14. The minimum Gasteiger partial charge on any atom is -0.484 e. The van der Waals surface area contributed by atoms with Crippen molar-refractivity contribution in [3.8, 4) is 11.8 Å². The summed E-state index contributed by atoms with van der Waals surface area (Å²) in [7, 11) is -7.57. The highest BCUT2D eigenvalue weighted by Crippen LogP contribution is 2.41. The van der Waals surface area contributed by atoms with Gasteiger partial charge >= 0.3 is 12.1 Å². The van der Waals surface area contributed by atoms with Crippen molar-refractivity contribution in [2.45, 2.75) is 66.0 Å². The quantitative estimate of drug-likeness (QED) is 0.0600.